The van der Waals surface area contributed by atoms with Crippen LogP contribution in [0.4, 0.5) is 5.69 Å². The van der Waals surface area contributed by atoms with E-state index in [2.05, 4.69) is 4.98 Å². The van der Waals surface area contributed by atoms with Crippen LogP contribution >= 0.6 is 11.6 Å². The number of aryl methyl sites for hydroxylation is 1. The zero-order valence-corrected chi connectivity index (χ0v) is 23.8. The molecule has 1 amide bonds. The van der Waals surface area contributed by atoms with Crippen molar-refractivity contribution in [3.8, 4) is 11.5 Å². The molecule has 11 heteroatoms. The first-order valence-corrected chi connectivity index (χ1v) is 13.1. The Balaban J connectivity index is 1.88. The van der Waals surface area contributed by atoms with E-state index in [9.17, 15) is 19.8 Å². The van der Waals surface area contributed by atoms with Crippen molar-refractivity contribution >= 4 is 29.2 Å². The Morgan fingerprint density at radius 2 is 1.93 bits per heavy atom. The van der Waals surface area contributed by atoms with Gasteiger partial charge in [0.05, 0.1) is 26.3 Å². The van der Waals surface area contributed by atoms with Crippen molar-refractivity contribution in [2.45, 2.75) is 45.8 Å². The Labute approximate surface area is 237 Å². The molecule has 4 rings (SSSR count). The molecule has 40 heavy (non-hydrogen) atoms. The maximum atomic E-state index is 14.2. The minimum atomic E-state index is -1.09. The number of halogens is 1. The van der Waals surface area contributed by atoms with Crippen LogP contribution in [0.2, 0.25) is 5.02 Å². The number of para-hydroxylation sites is 1. The van der Waals surface area contributed by atoms with Gasteiger partial charge in [-0.3, -0.25) is 9.59 Å². The van der Waals surface area contributed by atoms with E-state index in [-0.39, 0.29) is 43.6 Å². The van der Waals surface area contributed by atoms with Crippen LogP contribution in [-0.4, -0.2) is 60.5 Å². The van der Waals surface area contributed by atoms with Gasteiger partial charge < -0.3 is 33.7 Å². The Morgan fingerprint density at radius 3 is 2.58 bits per heavy atom. The highest BCUT2D eigenvalue weighted by Gasteiger charge is 2.40. The summed E-state index contributed by atoms with van der Waals surface area (Å²) in [6, 6.07) is 10.6. The van der Waals surface area contributed by atoms with Gasteiger partial charge in [-0.1, -0.05) is 37.6 Å². The predicted octanol–water partition coefficient (Wildman–Crippen LogP) is 4.36. The third-order valence-corrected chi connectivity index (χ3v) is 6.98. The van der Waals surface area contributed by atoms with E-state index in [1.165, 1.54) is 14.2 Å². The fraction of sp³-hybridized carbons (Fsp3) is 0.414. The van der Waals surface area contributed by atoms with E-state index in [0.29, 0.717) is 39.0 Å². The fourth-order valence-electron chi connectivity index (χ4n) is 4.74. The number of anilines is 1. The molecule has 3 aromatic rings. The largest absolute Gasteiger partial charge is 0.493 e. The van der Waals surface area contributed by atoms with Crippen LogP contribution in [0.15, 0.2) is 40.8 Å². The SMILES string of the molecule is COc1cccc([C@H]2O[C@H](Cc3nc(C)c(CC(=O)O)o3)C(=O)N(CC(C)(C)CO)c3ccc(Cl)cc32)c1OC. The van der Waals surface area contributed by atoms with Gasteiger partial charge in [0.1, 0.15) is 24.4 Å². The molecule has 2 aromatic carbocycles. The molecule has 2 N–H and O–H groups in total. The number of hydrogen-bond acceptors (Lipinski definition) is 8. The number of carbonyl (C=O) groups excluding carboxylic acids is 1. The number of ether oxygens (including phenoxy) is 3. The topological polar surface area (TPSA) is 132 Å². The number of methoxy groups -OCH3 is 2. The molecule has 0 spiro atoms. The number of hydrogen-bond donors (Lipinski definition) is 2. The van der Waals surface area contributed by atoms with Crippen molar-refractivity contribution in [3.63, 3.8) is 0 Å². The smallest absolute Gasteiger partial charge is 0.311 e. The molecule has 1 aromatic heterocycles. The number of oxazole rings is 1. The molecule has 0 fully saturated rings. The van der Waals surface area contributed by atoms with Crippen molar-refractivity contribution < 1.29 is 38.4 Å². The summed E-state index contributed by atoms with van der Waals surface area (Å²) in [6.45, 7) is 5.39. The zero-order valence-electron chi connectivity index (χ0n) is 23.1. The summed E-state index contributed by atoms with van der Waals surface area (Å²) in [5.74, 6) is -0.115. The molecule has 0 saturated heterocycles. The second-order valence-corrected chi connectivity index (χ2v) is 10.9. The molecule has 0 radical (unpaired) electrons. The van der Waals surface area contributed by atoms with Crippen LogP contribution in [0.25, 0.3) is 0 Å². The zero-order chi connectivity index (χ0) is 29.2. The lowest BCUT2D eigenvalue weighted by atomic mass is 9.92. The first kappa shape index (κ1) is 29.4. The third kappa shape index (κ3) is 6.09. The molecule has 0 unspecified atom stereocenters. The normalized spacial score (nSPS) is 17.4. The molecule has 0 saturated carbocycles. The van der Waals surface area contributed by atoms with Crippen molar-refractivity contribution in [2.24, 2.45) is 5.41 Å². The van der Waals surface area contributed by atoms with E-state index in [1.807, 2.05) is 19.9 Å². The van der Waals surface area contributed by atoms with Crippen LogP contribution in [0.1, 0.15) is 48.4 Å². The quantitative estimate of drug-likeness (QED) is 0.363. The number of rotatable bonds is 10. The third-order valence-electron chi connectivity index (χ3n) is 6.74. The maximum Gasteiger partial charge on any atom is 0.311 e. The fourth-order valence-corrected chi connectivity index (χ4v) is 4.92. The monoisotopic (exact) mass is 572 g/mol. The number of carboxylic acid groups (broad SMARTS) is 1. The molecule has 214 valence electrons. The molecule has 1 aliphatic rings. The van der Waals surface area contributed by atoms with Crippen LogP contribution in [0.3, 0.4) is 0 Å². The van der Waals surface area contributed by atoms with Gasteiger partial charge in [0.25, 0.3) is 5.91 Å². The standard InChI is InChI=1S/C29H33ClN2O8/c1-16-22(13-25(34)35)39-24(31-16)12-23-28(36)32(14-29(2,3)15-33)20-10-9-17(30)11-19(20)26(40-23)18-7-6-8-21(37-4)27(18)38-5/h6-11,23,26,33H,12-15H2,1-5H3,(H,34,35)/t23-,26-/m1/s1. The van der Waals surface area contributed by atoms with Gasteiger partial charge >= 0.3 is 5.97 Å². The van der Waals surface area contributed by atoms with Gasteiger partial charge in [-0.05, 0) is 31.2 Å². The highest BCUT2D eigenvalue weighted by Crippen LogP contribution is 2.45. The average molecular weight is 573 g/mol. The molecule has 2 heterocycles. The van der Waals surface area contributed by atoms with Crippen LogP contribution < -0.4 is 14.4 Å². The van der Waals surface area contributed by atoms with Crippen molar-refractivity contribution in [3.05, 3.63) is 69.9 Å². The van der Waals surface area contributed by atoms with Crippen molar-refractivity contribution in [2.75, 3.05) is 32.3 Å². The van der Waals surface area contributed by atoms with Gasteiger partial charge in [0.2, 0.25) is 0 Å². The first-order valence-electron chi connectivity index (χ1n) is 12.7. The lowest BCUT2D eigenvalue weighted by Gasteiger charge is -2.32. The van der Waals surface area contributed by atoms with E-state index < -0.39 is 23.6 Å². The lowest BCUT2D eigenvalue weighted by molar-refractivity contribution is -0.136. The average Bonchev–Trinajstić information content (AvgIpc) is 3.21. The van der Waals surface area contributed by atoms with Crippen molar-refractivity contribution in [1.29, 1.82) is 0 Å². The molecule has 0 bridgehead atoms. The highest BCUT2D eigenvalue weighted by molar-refractivity contribution is 6.30. The van der Waals surface area contributed by atoms with E-state index in [1.54, 1.807) is 42.2 Å². The number of aromatic nitrogens is 1. The summed E-state index contributed by atoms with van der Waals surface area (Å²) in [4.78, 5) is 31.4. The van der Waals surface area contributed by atoms with Gasteiger partial charge in [-0.2, -0.15) is 0 Å². The maximum absolute atomic E-state index is 14.2. The van der Waals surface area contributed by atoms with Gasteiger partial charge in [0.15, 0.2) is 17.4 Å². The van der Waals surface area contributed by atoms with Gasteiger partial charge in [-0.15, -0.1) is 0 Å². The van der Waals surface area contributed by atoms with E-state index >= 15 is 0 Å². The van der Waals surface area contributed by atoms with Gasteiger partial charge in [-0.25, -0.2) is 4.98 Å². The Hall–Kier alpha value is -3.60. The Bertz CT molecular complexity index is 1400. The number of aliphatic hydroxyl groups excluding tert-OH is 1. The molecular weight excluding hydrogens is 540 g/mol. The van der Waals surface area contributed by atoms with Crippen LogP contribution in [-0.2, 0) is 27.2 Å². The summed E-state index contributed by atoms with van der Waals surface area (Å²) in [6.07, 6.45) is -2.29. The number of aliphatic hydroxyl groups is 1. The number of fused-ring (bicyclic) bond motifs is 1. The molecule has 2 atom stereocenters. The van der Waals surface area contributed by atoms with Crippen LogP contribution in [0, 0.1) is 12.3 Å². The molecular formula is C29H33ClN2O8. The molecule has 1 aliphatic heterocycles. The second-order valence-electron chi connectivity index (χ2n) is 10.4. The van der Waals surface area contributed by atoms with Crippen molar-refractivity contribution in [1.82, 2.24) is 4.98 Å². The second kappa shape index (κ2) is 11.9. The number of carbonyl (C=O) groups is 2. The minimum Gasteiger partial charge on any atom is -0.493 e. The predicted molar refractivity (Wildman–Crippen MR) is 147 cm³/mol. The highest BCUT2D eigenvalue weighted by atomic mass is 35.5. The summed E-state index contributed by atoms with van der Waals surface area (Å²) >= 11 is 6.46. The summed E-state index contributed by atoms with van der Waals surface area (Å²) in [7, 11) is 3.06. The molecule has 10 nitrogen and oxygen atoms in total. The summed E-state index contributed by atoms with van der Waals surface area (Å²) in [5, 5.41) is 19.7. The number of nitrogens with zero attached hydrogens (tertiary/aromatic N) is 2. The summed E-state index contributed by atoms with van der Waals surface area (Å²) < 4.78 is 23.6. The number of benzene rings is 2. The minimum absolute atomic E-state index is 0.0557. The van der Waals surface area contributed by atoms with E-state index in [4.69, 9.17) is 30.2 Å². The molecule has 0 aliphatic carbocycles. The summed E-state index contributed by atoms with van der Waals surface area (Å²) in [5.41, 5.74) is 1.60. The number of carboxylic acids is 1. The number of aliphatic carboxylic acids is 1. The lowest BCUT2D eigenvalue weighted by Crippen LogP contribution is -2.46. The van der Waals surface area contributed by atoms with Crippen LogP contribution in [0.5, 0.6) is 11.5 Å². The Kier molecular flexibility index (Phi) is 8.72. The first-order chi connectivity index (χ1) is 19.0. The van der Waals surface area contributed by atoms with Gasteiger partial charge in [0, 0.05) is 40.4 Å². The number of amides is 1. The Morgan fingerprint density at radius 1 is 1.18 bits per heavy atom. The van der Waals surface area contributed by atoms with E-state index in [0.717, 1.165) is 0 Å².